The predicted molar refractivity (Wildman–Crippen MR) is 54.1 cm³/mol. The van der Waals surface area contributed by atoms with Crippen LogP contribution >= 0.6 is 0 Å². The maximum Gasteiger partial charge on any atom is 0.0841 e. The molecule has 0 amide bonds. The molecule has 0 aliphatic carbocycles. The van der Waals surface area contributed by atoms with Gasteiger partial charge in [-0.05, 0) is 32.3 Å². The highest BCUT2D eigenvalue weighted by Crippen LogP contribution is 2.15. The van der Waals surface area contributed by atoms with Crippen LogP contribution < -0.4 is 5.90 Å². The quantitative estimate of drug-likeness (QED) is 0.720. The summed E-state index contributed by atoms with van der Waals surface area (Å²) >= 11 is 0. The fraction of sp³-hybridized carbons (Fsp3) is 0.455. The fourth-order valence-corrected chi connectivity index (χ4v) is 1.15. The van der Waals surface area contributed by atoms with Gasteiger partial charge in [-0.15, -0.1) is 0 Å². The Bertz CT molecular complexity index is 244. The summed E-state index contributed by atoms with van der Waals surface area (Å²) in [6.45, 7) is 3.99. The zero-order chi connectivity index (χ0) is 9.73. The summed E-state index contributed by atoms with van der Waals surface area (Å²) in [6, 6.07) is 10.4. The summed E-state index contributed by atoms with van der Waals surface area (Å²) < 4.78 is 0. The van der Waals surface area contributed by atoms with Gasteiger partial charge in [0.15, 0.2) is 0 Å². The third-order valence-corrected chi connectivity index (χ3v) is 2.18. The van der Waals surface area contributed by atoms with E-state index in [0.29, 0.717) is 0 Å². The van der Waals surface area contributed by atoms with Gasteiger partial charge in [0, 0.05) is 0 Å². The molecule has 72 valence electrons. The SMILES string of the molecule is CC(C)(CCc1ccccc1)ON. The van der Waals surface area contributed by atoms with Crippen LogP contribution in [0.25, 0.3) is 0 Å². The van der Waals surface area contributed by atoms with E-state index in [1.54, 1.807) is 0 Å². The first-order chi connectivity index (χ1) is 6.14. The van der Waals surface area contributed by atoms with Crippen LogP contribution in [0.4, 0.5) is 0 Å². The lowest BCUT2D eigenvalue weighted by Gasteiger charge is -2.21. The number of benzene rings is 1. The molecule has 0 aromatic heterocycles. The molecule has 0 aliphatic rings. The maximum atomic E-state index is 5.17. The van der Waals surface area contributed by atoms with Gasteiger partial charge in [-0.3, -0.25) is 4.84 Å². The van der Waals surface area contributed by atoms with Crippen LogP contribution in [0, 0.1) is 0 Å². The van der Waals surface area contributed by atoms with Crippen molar-refractivity contribution in [3.05, 3.63) is 35.9 Å². The summed E-state index contributed by atoms with van der Waals surface area (Å²) in [7, 11) is 0. The van der Waals surface area contributed by atoms with Gasteiger partial charge in [-0.1, -0.05) is 30.3 Å². The molecule has 0 aliphatic heterocycles. The van der Waals surface area contributed by atoms with Crippen molar-refractivity contribution < 1.29 is 4.84 Å². The zero-order valence-electron chi connectivity index (χ0n) is 8.29. The molecule has 0 atom stereocenters. The summed E-state index contributed by atoms with van der Waals surface area (Å²) in [4.78, 5) is 4.86. The molecule has 2 nitrogen and oxygen atoms in total. The van der Waals surface area contributed by atoms with E-state index in [1.165, 1.54) is 5.56 Å². The van der Waals surface area contributed by atoms with E-state index in [1.807, 2.05) is 32.0 Å². The first kappa shape index (κ1) is 10.2. The Hall–Kier alpha value is -0.860. The monoisotopic (exact) mass is 179 g/mol. The van der Waals surface area contributed by atoms with Crippen LogP contribution in [0.2, 0.25) is 0 Å². The van der Waals surface area contributed by atoms with E-state index in [9.17, 15) is 0 Å². The molecule has 0 unspecified atom stereocenters. The van der Waals surface area contributed by atoms with Gasteiger partial charge in [0.2, 0.25) is 0 Å². The minimum atomic E-state index is -0.226. The van der Waals surface area contributed by atoms with Crippen molar-refractivity contribution in [2.24, 2.45) is 5.90 Å². The van der Waals surface area contributed by atoms with Crippen LogP contribution in [0.15, 0.2) is 30.3 Å². The summed E-state index contributed by atoms with van der Waals surface area (Å²) in [5.41, 5.74) is 1.10. The van der Waals surface area contributed by atoms with E-state index in [0.717, 1.165) is 12.8 Å². The predicted octanol–water partition coefficient (Wildman–Crippen LogP) is 2.29. The van der Waals surface area contributed by atoms with Gasteiger partial charge >= 0.3 is 0 Å². The Morgan fingerprint density at radius 3 is 2.38 bits per heavy atom. The number of hydrogen-bond donors (Lipinski definition) is 1. The van der Waals surface area contributed by atoms with Crippen LogP contribution in [0.3, 0.4) is 0 Å². The van der Waals surface area contributed by atoms with Crippen LogP contribution in [-0.2, 0) is 11.3 Å². The highest BCUT2D eigenvalue weighted by molar-refractivity contribution is 5.14. The molecule has 0 saturated heterocycles. The summed E-state index contributed by atoms with van der Waals surface area (Å²) in [5, 5.41) is 0. The number of nitrogens with two attached hydrogens (primary N) is 1. The molecule has 0 radical (unpaired) electrons. The standard InChI is InChI=1S/C11H17NO/c1-11(2,13-12)9-8-10-6-4-3-5-7-10/h3-7H,8-9,12H2,1-2H3. The Balaban J connectivity index is 2.44. The molecule has 2 heteroatoms. The lowest BCUT2D eigenvalue weighted by molar-refractivity contribution is -0.0250. The van der Waals surface area contributed by atoms with Gasteiger partial charge < -0.3 is 0 Å². The first-order valence-electron chi connectivity index (χ1n) is 4.56. The van der Waals surface area contributed by atoms with Crippen molar-refractivity contribution >= 4 is 0 Å². The van der Waals surface area contributed by atoms with Gasteiger partial charge in [0.1, 0.15) is 0 Å². The molecule has 2 N–H and O–H groups in total. The van der Waals surface area contributed by atoms with Crippen molar-refractivity contribution in [3.8, 4) is 0 Å². The Labute approximate surface area is 79.7 Å². The molecular weight excluding hydrogens is 162 g/mol. The van der Waals surface area contributed by atoms with Gasteiger partial charge in [-0.25, -0.2) is 5.90 Å². The van der Waals surface area contributed by atoms with E-state index < -0.39 is 0 Å². The Kier molecular flexibility index (Phi) is 3.46. The molecule has 0 saturated carbocycles. The second-order valence-corrected chi connectivity index (χ2v) is 3.86. The molecule has 0 fully saturated rings. The molecule has 0 spiro atoms. The van der Waals surface area contributed by atoms with Crippen molar-refractivity contribution in [3.63, 3.8) is 0 Å². The largest absolute Gasteiger partial charge is 0.299 e. The van der Waals surface area contributed by atoms with Crippen LogP contribution in [0.1, 0.15) is 25.8 Å². The number of rotatable bonds is 4. The molecular formula is C11H17NO. The molecule has 13 heavy (non-hydrogen) atoms. The second-order valence-electron chi connectivity index (χ2n) is 3.86. The lowest BCUT2D eigenvalue weighted by atomic mass is 9.99. The van der Waals surface area contributed by atoms with Crippen molar-refractivity contribution in [2.75, 3.05) is 0 Å². The average molecular weight is 179 g/mol. The molecule has 1 aromatic rings. The smallest absolute Gasteiger partial charge is 0.0841 e. The van der Waals surface area contributed by atoms with E-state index in [-0.39, 0.29) is 5.60 Å². The van der Waals surface area contributed by atoms with Crippen molar-refractivity contribution in [1.29, 1.82) is 0 Å². The topological polar surface area (TPSA) is 35.2 Å². The van der Waals surface area contributed by atoms with Crippen molar-refractivity contribution in [2.45, 2.75) is 32.3 Å². The van der Waals surface area contributed by atoms with E-state index in [4.69, 9.17) is 10.7 Å². The Morgan fingerprint density at radius 2 is 1.85 bits per heavy atom. The van der Waals surface area contributed by atoms with Crippen LogP contribution in [-0.4, -0.2) is 5.60 Å². The van der Waals surface area contributed by atoms with E-state index in [2.05, 4.69) is 12.1 Å². The minimum Gasteiger partial charge on any atom is -0.299 e. The van der Waals surface area contributed by atoms with Gasteiger partial charge in [0.05, 0.1) is 5.60 Å². The third-order valence-electron chi connectivity index (χ3n) is 2.18. The molecule has 1 aromatic carbocycles. The molecule has 1 rings (SSSR count). The Morgan fingerprint density at radius 1 is 1.23 bits per heavy atom. The molecule has 0 heterocycles. The average Bonchev–Trinajstić information content (AvgIpc) is 2.17. The summed E-state index contributed by atoms with van der Waals surface area (Å²) in [5.74, 6) is 5.17. The lowest BCUT2D eigenvalue weighted by Crippen LogP contribution is -2.28. The second kappa shape index (κ2) is 4.40. The van der Waals surface area contributed by atoms with E-state index >= 15 is 0 Å². The number of aryl methyl sites for hydroxylation is 1. The maximum absolute atomic E-state index is 5.17. The van der Waals surface area contributed by atoms with Crippen LogP contribution in [0.5, 0.6) is 0 Å². The first-order valence-corrected chi connectivity index (χ1v) is 4.56. The highest BCUT2D eigenvalue weighted by Gasteiger charge is 2.16. The van der Waals surface area contributed by atoms with Gasteiger partial charge in [-0.2, -0.15) is 0 Å². The normalized spacial score (nSPS) is 11.6. The zero-order valence-corrected chi connectivity index (χ0v) is 8.29. The fourth-order valence-electron chi connectivity index (χ4n) is 1.15. The highest BCUT2D eigenvalue weighted by atomic mass is 16.6. The number of hydrogen-bond acceptors (Lipinski definition) is 2. The van der Waals surface area contributed by atoms with Crippen molar-refractivity contribution in [1.82, 2.24) is 0 Å². The van der Waals surface area contributed by atoms with Gasteiger partial charge in [0.25, 0.3) is 0 Å². The third kappa shape index (κ3) is 3.57. The summed E-state index contributed by atoms with van der Waals surface area (Å²) in [6.07, 6.45) is 1.94. The molecule has 0 bridgehead atoms. The minimum absolute atomic E-state index is 0.226.